The number of piperidine rings is 1. The fraction of sp³-hybridized carbons (Fsp3) is 0.545. The van der Waals surface area contributed by atoms with Crippen LogP contribution in [0.1, 0.15) is 56.5 Å². The molecule has 5 rings (SSSR count). The van der Waals surface area contributed by atoms with Gasteiger partial charge in [0.15, 0.2) is 11.8 Å². The van der Waals surface area contributed by atoms with Crippen molar-refractivity contribution in [1.82, 2.24) is 9.47 Å². The highest BCUT2D eigenvalue weighted by Gasteiger charge is 2.59. The van der Waals surface area contributed by atoms with Crippen molar-refractivity contribution in [3.63, 3.8) is 0 Å². The minimum Gasteiger partial charge on any atom is -0.464 e. The summed E-state index contributed by atoms with van der Waals surface area (Å²) in [6.07, 6.45) is 3.62. The molecule has 0 amide bonds. The van der Waals surface area contributed by atoms with Gasteiger partial charge in [-0.25, -0.2) is 4.79 Å². The van der Waals surface area contributed by atoms with Gasteiger partial charge in [-0.2, -0.15) is 0 Å². The van der Waals surface area contributed by atoms with Crippen LogP contribution in [0.4, 0.5) is 0 Å². The lowest BCUT2D eigenvalue weighted by Gasteiger charge is -2.55. The molecule has 0 radical (unpaired) electrons. The third kappa shape index (κ3) is 2.03. The molecule has 27 heavy (non-hydrogen) atoms. The normalized spacial score (nSPS) is 29.6. The first-order valence-corrected chi connectivity index (χ1v) is 10.2. The predicted octanol–water partition coefficient (Wildman–Crippen LogP) is 3.42. The number of carbonyl (C=O) groups is 2. The average Bonchev–Trinajstić information content (AvgIpc) is 3.02. The van der Waals surface area contributed by atoms with E-state index < -0.39 is 17.4 Å². The number of fused-ring (bicyclic) bond motifs is 3. The second-order valence-electron chi connectivity index (χ2n) is 8.07. The summed E-state index contributed by atoms with van der Waals surface area (Å²) >= 11 is 0. The fourth-order valence-electron chi connectivity index (χ4n) is 5.96. The molecule has 0 bridgehead atoms. The summed E-state index contributed by atoms with van der Waals surface area (Å²) in [6.45, 7) is 6.22. The van der Waals surface area contributed by atoms with Crippen molar-refractivity contribution in [1.29, 1.82) is 0 Å². The summed E-state index contributed by atoms with van der Waals surface area (Å²) < 4.78 is 7.42. The number of ketones is 1. The van der Waals surface area contributed by atoms with Crippen LogP contribution >= 0.6 is 0 Å². The lowest BCUT2D eigenvalue weighted by atomic mass is 9.62. The van der Waals surface area contributed by atoms with E-state index in [9.17, 15) is 9.59 Å². The lowest BCUT2D eigenvalue weighted by molar-refractivity contribution is -0.160. The van der Waals surface area contributed by atoms with Gasteiger partial charge in [0.05, 0.1) is 18.1 Å². The Kier molecular flexibility index (Phi) is 3.73. The molecule has 1 aromatic carbocycles. The van der Waals surface area contributed by atoms with E-state index in [4.69, 9.17) is 4.74 Å². The van der Waals surface area contributed by atoms with E-state index in [1.54, 1.807) is 6.92 Å². The van der Waals surface area contributed by atoms with Gasteiger partial charge in [0.2, 0.25) is 0 Å². The Balaban J connectivity index is 1.86. The smallest absolute Gasteiger partial charge is 0.336 e. The number of ether oxygens (including phenoxy) is 1. The number of rotatable bonds is 3. The number of nitrogens with zero attached hydrogens (tertiary/aromatic N) is 2. The summed E-state index contributed by atoms with van der Waals surface area (Å²) in [5, 5.41) is 1.19. The zero-order valence-electron chi connectivity index (χ0n) is 16.0. The zero-order chi connectivity index (χ0) is 18.8. The van der Waals surface area contributed by atoms with Crippen LogP contribution in [0, 0.1) is 5.41 Å². The van der Waals surface area contributed by atoms with Crippen molar-refractivity contribution in [2.75, 3.05) is 19.7 Å². The summed E-state index contributed by atoms with van der Waals surface area (Å²) in [5.74, 6) is -0.347. The minimum atomic E-state index is -0.854. The van der Waals surface area contributed by atoms with E-state index in [-0.39, 0.29) is 11.8 Å². The first-order chi connectivity index (χ1) is 13.1. The highest BCUT2D eigenvalue weighted by Crippen LogP contribution is 2.58. The van der Waals surface area contributed by atoms with Crippen molar-refractivity contribution in [2.24, 2.45) is 5.41 Å². The molecule has 3 atom stereocenters. The topological polar surface area (TPSA) is 51.5 Å². The summed E-state index contributed by atoms with van der Waals surface area (Å²) in [7, 11) is 0. The van der Waals surface area contributed by atoms with Gasteiger partial charge in [0.25, 0.3) is 0 Å². The number of hydrogen-bond acceptors (Lipinski definition) is 4. The standard InChI is InChI=1S/C22H26N2O3/c1-3-22-11-7-12-23-13-10-15-14-8-5-6-9-16(14)24(17(15)19(22)23)18(20(22)25)21(26)27-4-2/h5-6,8-9,18-19H,3-4,7,10-13H2,1-2H3. The number of para-hydroxylation sites is 1. The number of benzene rings is 1. The van der Waals surface area contributed by atoms with Crippen LogP contribution in [0.15, 0.2) is 24.3 Å². The van der Waals surface area contributed by atoms with E-state index in [0.717, 1.165) is 44.3 Å². The third-order valence-electron chi connectivity index (χ3n) is 7.06. The SMILES string of the molecule is CCOC(=O)C1C(=O)C2(CC)CCCN3CCc4c(n1c1ccccc41)C32. The molecule has 1 saturated heterocycles. The van der Waals surface area contributed by atoms with Crippen LogP contribution in [0.5, 0.6) is 0 Å². The van der Waals surface area contributed by atoms with Gasteiger partial charge in [-0.15, -0.1) is 0 Å². The molecular weight excluding hydrogens is 340 g/mol. The van der Waals surface area contributed by atoms with Crippen LogP contribution in [-0.2, 0) is 20.7 Å². The molecule has 0 spiro atoms. The third-order valence-corrected chi connectivity index (χ3v) is 7.06. The fourth-order valence-corrected chi connectivity index (χ4v) is 5.96. The molecule has 5 nitrogen and oxygen atoms in total. The van der Waals surface area contributed by atoms with E-state index >= 15 is 0 Å². The molecule has 5 heteroatoms. The van der Waals surface area contributed by atoms with Crippen molar-refractivity contribution in [3.8, 4) is 0 Å². The first-order valence-electron chi connectivity index (χ1n) is 10.2. The largest absolute Gasteiger partial charge is 0.464 e. The van der Waals surface area contributed by atoms with Gasteiger partial charge in [0.1, 0.15) is 0 Å². The lowest BCUT2D eigenvalue weighted by Crippen LogP contribution is -2.58. The predicted molar refractivity (Wildman–Crippen MR) is 103 cm³/mol. The summed E-state index contributed by atoms with van der Waals surface area (Å²) in [5.41, 5.74) is 3.04. The number of hydrogen-bond donors (Lipinski definition) is 0. The van der Waals surface area contributed by atoms with E-state index in [1.807, 2.05) is 22.8 Å². The number of esters is 1. The van der Waals surface area contributed by atoms with Gasteiger partial charge < -0.3 is 9.30 Å². The quantitative estimate of drug-likeness (QED) is 0.617. The second kappa shape index (κ2) is 5.93. The highest BCUT2D eigenvalue weighted by molar-refractivity contribution is 6.07. The number of Topliss-reactive ketones (excluding diaryl/α,β-unsaturated/α-hetero) is 1. The molecule has 0 saturated carbocycles. The average molecular weight is 366 g/mol. The van der Waals surface area contributed by atoms with Crippen LogP contribution in [-0.4, -0.2) is 40.9 Å². The molecule has 142 valence electrons. The van der Waals surface area contributed by atoms with Gasteiger partial charge in [-0.3, -0.25) is 9.69 Å². The van der Waals surface area contributed by atoms with E-state index in [1.165, 1.54) is 16.6 Å². The second-order valence-corrected chi connectivity index (χ2v) is 8.07. The van der Waals surface area contributed by atoms with Gasteiger partial charge in [-0.1, -0.05) is 25.1 Å². The Labute approximate surface area is 159 Å². The molecule has 3 aliphatic heterocycles. The molecule has 3 aliphatic rings. The van der Waals surface area contributed by atoms with Crippen molar-refractivity contribution in [3.05, 3.63) is 35.5 Å². The number of aromatic nitrogens is 1. The van der Waals surface area contributed by atoms with Crippen molar-refractivity contribution >= 4 is 22.7 Å². The van der Waals surface area contributed by atoms with Crippen LogP contribution < -0.4 is 0 Å². The van der Waals surface area contributed by atoms with Gasteiger partial charge >= 0.3 is 5.97 Å². The maximum Gasteiger partial charge on any atom is 0.336 e. The molecular formula is C22H26N2O3. The molecule has 0 aliphatic carbocycles. The maximum atomic E-state index is 13.9. The van der Waals surface area contributed by atoms with Crippen LogP contribution in [0.25, 0.3) is 10.9 Å². The first kappa shape index (κ1) is 17.0. The van der Waals surface area contributed by atoms with Crippen molar-refractivity contribution < 1.29 is 14.3 Å². The van der Waals surface area contributed by atoms with Gasteiger partial charge in [0, 0.05) is 23.1 Å². The molecule has 1 aromatic heterocycles. The molecule has 4 heterocycles. The Morgan fingerprint density at radius 1 is 1.26 bits per heavy atom. The number of carbonyl (C=O) groups excluding carboxylic acids is 2. The Morgan fingerprint density at radius 2 is 2.07 bits per heavy atom. The Hall–Kier alpha value is -2.14. The zero-order valence-corrected chi connectivity index (χ0v) is 16.0. The molecule has 1 fully saturated rings. The van der Waals surface area contributed by atoms with Crippen LogP contribution in [0.3, 0.4) is 0 Å². The van der Waals surface area contributed by atoms with Crippen molar-refractivity contribution in [2.45, 2.75) is 51.6 Å². The maximum absolute atomic E-state index is 13.9. The van der Waals surface area contributed by atoms with Gasteiger partial charge in [-0.05, 0) is 50.8 Å². The van der Waals surface area contributed by atoms with Crippen LogP contribution in [0.2, 0.25) is 0 Å². The molecule has 0 N–H and O–H groups in total. The Bertz CT molecular complexity index is 946. The van der Waals surface area contributed by atoms with E-state index in [0.29, 0.717) is 6.61 Å². The highest BCUT2D eigenvalue weighted by atomic mass is 16.5. The summed E-state index contributed by atoms with van der Waals surface area (Å²) in [4.78, 5) is 29.3. The monoisotopic (exact) mass is 366 g/mol. The minimum absolute atomic E-state index is 0.0554. The summed E-state index contributed by atoms with van der Waals surface area (Å²) in [6, 6.07) is 7.45. The van der Waals surface area contributed by atoms with E-state index in [2.05, 4.69) is 17.9 Å². The molecule has 3 unspecified atom stereocenters. The molecule has 2 aromatic rings. The Morgan fingerprint density at radius 3 is 2.85 bits per heavy atom.